The highest BCUT2D eigenvalue weighted by Crippen LogP contribution is 2.23. The van der Waals surface area contributed by atoms with Crippen molar-refractivity contribution in [2.24, 2.45) is 0 Å². The summed E-state index contributed by atoms with van der Waals surface area (Å²) in [6.45, 7) is 7.44. The Balaban J connectivity index is 2.18. The topological polar surface area (TPSA) is 75.6 Å². The van der Waals surface area contributed by atoms with E-state index in [0.29, 0.717) is 32.1 Å². The van der Waals surface area contributed by atoms with Crippen LogP contribution in [0.15, 0.2) is 12.3 Å². The first kappa shape index (κ1) is 16.3. The molecule has 1 aromatic heterocycles. The largest absolute Gasteiger partial charge is 0.369 e. The van der Waals surface area contributed by atoms with Crippen molar-refractivity contribution in [1.29, 1.82) is 0 Å². The summed E-state index contributed by atoms with van der Waals surface area (Å²) >= 11 is 0. The van der Waals surface area contributed by atoms with Crippen LogP contribution in [0, 0.1) is 6.92 Å². The number of rotatable bonds is 5. The molecule has 2 rings (SSSR count). The summed E-state index contributed by atoms with van der Waals surface area (Å²) in [7, 11) is -3.43. The smallest absolute Gasteiger partial charge is 0.282 e. The van der Waals surface area contributed by atoms with E-state index in [2.05, 4.69) is 9.97 Å². The van der Waals surface area contributed by atoms with Crippen LogP contribution in [0.5, 0.6) is 0 Å². The van der Waals surface area contributed by atoms with Crippen molar-refractivity contribution in [3.05, 3.63) is 23.8 Å². The molecular formula is C13H22N4O3S. The Labute approximate surface area is 126 Å². The highest BCUT2D eigenvalue weighted by molar-refractivity contribution is 7.86. The number of morpholine rings is 1. The molecule has 0 saturated carbocycles. The monoisotopic (exact) mass is 314 g/mol. The molecule has 0 aliphatic carbocycles. The molecule has 2 heterocycles. The van der Waals surface area contributed by atoms with E-state index in [1.54, 1.807) is 19.2 Å². The average Bonchev–Trinajstić information content (AvgIpc) is 2.48. The van der Waals surface area contributed by atoms with Gasteiger partial charge in [-0.2, -0.15) is 17.0 Å². The van der Waals surface area contributed by atoms with Crippen molar-refractivity contribution in [2.45, 2.75) is 26.9 Å². The second-order valence-electron chi connectivity index (χ2n) is 4.84. The summed E-state index contributed by atoms with van der Waals surface area (Å²) in [5.41, 5.74) is 0.724. The van der Waals surface area contributed by atoms with E-state index in [1.165, 1.54) is 8.61 Å². The second kappa shape index (κ2) is 6.78. The first-order valence-electron chi connectivity index (χ1n) is 7.15. The minimum atomic E-state index is -3.43. The van der Waals surface area contributed by atoms with Crippen LogP contribution in [0.25, 0.3) is 0 Å². The minimum absolute atomic E-state index is 0.287. The summed E-state index contributed by atoms with van der Waals surface area (Å²) in [6.07, 6.45) is 1.32. The Hall–Kier alpha value is -1.09. The lowest BCUT2D eigenvalue weighted by molar-refractivity contribution is -0.00673. The second-order valence-corrected chi connectivity index (χ2v) is 6.77. The van der Waals surface area contributed by atoms with Crippen LogP contribution >= 0.6 is 0 Å². The fourth-order valence-corrected chi connectivity index (χ4v) is 3.99. The summed E-state index contributed by atoms with van der Waals surface area (Å²) < 4.78 is 33.7. The number of nitrogens with zero attached hydrogens (tertiary/aromatic N) is 4. The minimum Gasteiger partial charge on any atom is -0.369 e. The molecule has 0 aromatic carbocycles. The molecule has 1 fully saturated rings. The molecule has 1 aromatic rings. The van der Waals surface area contributed by atoms with Gasteiger partial charge in [0.2, 0.25) is 0 Å². The average molecular weight is 314 g/mol. The third kappa shape index (κ3) is 3.57. The van der Waals surface area contributed by atoms with Gasteiger partial charge >= 0.3 is 0 Å². The number of aryl methyl sites for hydroxylation is 1. The molecule has 0 radical (unpaired) electrons. The van der Waals surface area contributed by atoms with E-state index in [0.717, 1.165) is 5.69 Å². The maximum Gasteiger partial charge on any atom is 0.282 e. The molecule has 8 heteroatoms. The van der Waals surface area contributed by atoms with E-state index >= 15 is 0 Å². The van der Waals surface area contributed by atoms with Gasteiger partial charge in [0.15, 0.2) is 0 Å². The predicted octanol–water partition coefficient (Wildman–Crippen LogP) is 0.745. The molecule has 0 spiro atoms. The lowest BCUT2D eigenvalue weighted by Gasteiger charge is -2.34. The molecular weight excluding hydrogens is 292 g/mol. The molecule has 1 aliphatic heterocycles. The first-order valence-corrected chi connectivity index (χ1v) is 8.55. The number of ether oxygens (including phenoxy) is 1. The summed E-state index contributed by atoms with van der Waals surface area (Å²) in [5, 5.41) is 0. The van der Waals surface area contributed by atoms with Gasteiger partial charge in [-0.3, -0.25) is 0 Å². The SMILES string of the molecule is CCN(CC)S(=O)(=O)N1CCO[C@@H](c2ccnc(C)n2)C1. The van der Waals surface area contributed by atoms with Crippen molar-refractivity contribution in [3.8, 4) is 0 Å². The van der Waals surface area contributed by atoms with Crippen LogP contribution in [0.3, 0.4) is 0 Å². The normalized spacial score (nSPS) is 20.9. The quantitative estimate of drug-likeness (QED) is 0.801. The Morgan fingerprint density at radius 3 is 2.76 bits per heavy atom. The number of aromatic nitrogens is 2. The van der Waals surface area contributed by atoms with Crippen LogP contribution in [0.4, 0.5) is 0 Å². The molecule has 1 aliphatic rings. The van der Waals surface area contributed by atoms with Gasteiger partial charge in [-0.05, 0) is 13.0 Å². The van der Waals surface area contributed by atoms with Gasteiger partial charge in [0.05, 0.1) is 12.3 Å². The van der Waals surface area contributed by atoms with Crippen molar-refractivity contribution >= 4 is 10.2 Å². The molecule has 0 N–H and O–H groups in total. The zero-order valence-electron chi connectivity index (χ0n) is 12.7. The molecule has 0 unspecified atom stereocenters. The Kier molecular flexibility index (Phi) is 5.26. The zero-order chi connectivity index (χ0) is 15.5. The number of hydrogen-bond donors (Lipinski definition) is 0. The Morgan fingerprint density at radius 2 is 2.14 bits per heavy atom. The molecule has 21 heavy (non-hydrogen) atoms. The van der Waals surface area contributed by atoms with Crippen LogP contribution in [0.2, 0.25) is 0 Å². The van der Waals surface area contributed by atoms with E-state index in [4.69, 9.17) is 4.74 Å². The maximum absolute atomic E-state index is 12.6. The Bertz CT molecular complexity index is 575. The summed E-state index contributed by atoms with van der Waals surface area (Å²) in [6, 6.07) is 1.77. The van der Waals surface area contributed by atoms with Gasteiger partial charge < -0.3 is 4.74 Å². The number of hydrogen-bond acceptors (Lipinski definition) is 5. The van der Waals surface area contributed by atoms with Gasteiger partial charge in [-0.25, -0.2) is 9.97 Å². The van der Waals surface area contributed by atoms with Crippen molar-refractivity contribution in [2.75, 3.05) is 32.8 Å². The van der Waals surface area contributed by atoms with Crippen molar-refractivity contribution in [3.63, 3.8) is 0 Å². The molecule has 7 nitrogen and oxygen atoms in total. The van der Waals surface area contributed by atoms with E-state index in [-0.39, 0.29) is 12.6 Å². The summed E-state index contributed by atoms with van der Waals surface area (Å²) in [4.78, 5) is 8.38. The maximum atomic E-state index is 12.6. The lowest BCUT2D eigenvalue weighted by Crippen LogP contribution is -2.49. The Morgan fingerprint density at radius 1 is 1.43 bits per heavy atom. The van der Waals surface area contributed by atoms with Crippen LogP contribution in [0.1, 0.15) is 31.5 Å². The molecule has 0 amide bonds. The van der Waals surface area contributed by atoms with E-state index < -0.39 is 10.2 Å². The van der Waals surface area contributed by atoms with Crippen molar-refractivity contribution < 1.29 is 13.2 Å². The predicted molar refractivity (Wildman–Crippen MR) is 78.9 cm³/mol. The first-order chi connectivity index (χ1) is 9.98. The molecule has 1 atom stereocenters. The van der Waals surface area contributed by atoms with Gasteiger partial charge in [0, 0.05) is 32.4 Å². The van der Waals surface area contributed by atoms with Crippen molar-refractivity contribution in [1.82, 2.24) is 18.6 Å². The molecule has 0 bridgehead atoms. The van der Waals surface area contributed by atoms with Gasteiger partial charge in [-0.1, -0.05) is 13.8 Å². The zero-order valence-corrected chi connectivity index (χ0v) is 13.5. The van der Waals surface area contributed by atoms with E-state index in [1.807, 2.05) is 13.8 Å². The van der Waals surface area contributed by atoms with Crippen LogP contribution in [-0.2, 0) is 14.9 Å². The van der Waals surface area contributed by atoms with Gasteiger partial charge in [-0.15, -0.1) is 0 Å². The fourth-order valence-electron chi connectivity index (χ4n) is 2.38. The molecule has 118 valence electrons. The fraction of sp³-hybridized carbons (Fsp3) is 0.692. The summed E-state index contributed by atoms with van der Waals surface area (Å²) in [5.74, 6) is 0.653. The standard InChI is InChI=1S/C13H22N4O3S/c1-4-16(5-2)21(18,19)17-8-9-20-13(10-17)12-6-7-14-11(3)15-12/h6-7,13H,4-5,8-10H2,1-3H3/t13-/m1/s1. The highest BCUT2D eigenvalue weighted by atomic mass is 32.2. The van der Waals surface area contributed by atoms with Gasteiger partial charge in [0.25, 0.3) is 10.2 Å². The third-order valence-corrected chi connectivity index (χ3v) is 5.67. The highest BCUT2D eigenvalue weighted by Gasteiger charge is 2.33. The van der Waals surface area contributed by atoms with Crippen LogP contribution < -0.4 is 0 Å². The molecule has 1 saturated heterocycles. The van der Waals surface area contributed by atoms with E-state index in [9.17, 15) is 8.42 Å². The van der Waals surface area contributed by atoms with Gasteiger partial charge in [0.1, 0.15) is 11.9 Å². The third-order valence-electron chi connectivity index (χ3n) is 3.51. The van der Waals surface area contributed by atoms with Crippen LogP contribution in [-0.4, -0.2) is 59.8 Å². The lowest BCUT2D eigenvalue weighted by atomic mass is 10.2.